The summed E-state index contributed by atoms with van der Waals surface area (Å²) in [6, 6.07) is 16.6. The molecular weight excluding hydrogens is 302 g/mol. The van der Waals surface area contributed by atoms with Crippen LogP contribution in [0, 0.1) is 0 Å². The summed E-state index contributed by atoms with van der Waals surface area (Å²) in [5, 5.41) is 0. The van der Waals surface area contributed by atoms with Crippen LogP contribution in [-0.4, -0.2) is 18.1 Å². The predicted molar refractivity (Wildman–Crippen MR) is 80.2 cm³/mol. The number of hydrogen-bond acceptors (Lipinski definition) is 2. The topological polar surface area (TPSA) is 12.5 Å². The summed E-state index contributed by atoms with van der Waals surface area (Å²) in [4.78, 5) is 2.42. The molecule has 1 aliphatic heterocycles. The van der Waals surface area contributed by atoms with Gasteiger partial charge >= 0.3 is 0 Å². The monoisotopic (exact) mass is 317 g/mol. The van der Waals surface area contributed by atoms with Crippen molar-refractivity contribution in [2.24, 2.45) is 0 Å². The molecule has 0 atom stereocenters. The maximum Gasteiger partial charge on any atom is 0.119 e. The third-order valence-corrected chi connectivity index (χ3v) is 3.92. The normalized spacial score (nSPS) is 14.4. The largest absolute Gasteiger partial charge is 0.492 e. The van der Waals surface area contributed by atoms with Crippen LogP contribution in [0.1, 0.15) is 11.1 Å². The van der Waals surface area contributed by atoms with Crippen molar-refractivity contribution >= 4 is 15.9 Å². The molecule has 0 unspecified atom stereocenters. The first-order chi connectivity index (χ1) is 9.31. The van der Waals surface area contributed by atoms with Gasteiger partial charge in [0.15, 0.2) is 0 Å². The molecule has 0 saturated carbocycles. The SMILES string of the molecule is Brc1ccc(OCCN2Cc3ccccc3C2)cc1. The lowest BCUT2D eigenvalue weighted by Gasteiger charge is -2.15. The summed E-state index contributed by atoms with van der Waals surface area (Å²) in [5.41, 5.74) is 2.90. The number of benzene rings is 2. The number of hydrogen-bond donors (Lipinski definition) is 0. The van der Waals surface area contributed by atoms with Crippen LogP contribution in [0.5, 0.6) is 5.75 Å². The van der Waals surface area contributed by atoms with Crippen LogP contribution in [-0.2, 0) is 13.1 Å². The van der Waals surface area contributed by atoms with Gasteiger partial charge < -0.3 is 4.74 Å². The highest BCUT2D eigenvalue weighted by Crippen LogP contribution is 2.22. The van der Waals surface area contributed by atoms with Gasteiger partial charge in [-0.05, 0) is 35.4 Å². The van der Waals surface area contributed by atoms with E-state index >= 15 is 0 Å². The van der Waals surface area contributed by atoms with Crippen molar-refractivity contribution in [1.82, 2.24) is 4.90 Å². The van der Waals surface area contributed by atoms with E-state index in [1.165, 1.54) is 11.1 Å². The maximum absolute atomic E-state index is 5.76. The fourth-order valence-electron chi connectivity index (χ4n) is 2.39. The number of rotatable bonds is 4. The molecule has 0 saturated heterocycles. The molecule has 0 amide bonds. The molecular formula is C16H16BrNO. The maximum atomic E-state index is 5.76. The summed E-state index contributed by atoms with van der Waals surface area (Å²) >= 11 is 3.42. The molecule has 0 aliphatic carbocycles. The summed E-state index contributed by atoms with van der Waals surface area (Å²) in [5.74, 6) is 0.930. The number of nitrogens with zero attached hydrogens (tertiary/aromatic N) is 1. The van der Waals surface area contributed by atoms with Gasteiger partial charge in [-0.2, -0.15) is 0 Å². The summed E-state index contributed by atoms with van der Waals surface area (Å²) < 4.78 is 6.84. The molecule has 0 fully saturated rings. The summed E-state index contributed by atoms with van der Waals surface area (Å²) in [6.45, 7) is 3.78. The lowest BCUT2D eigenvalue weighted by molar-refractivity contribution is 0.211. The zero-order valence-electron chi connectivity index (χ0n) is 10.7. The van der Waals surface area contributed by atoms with Crippen molar-refractivity contribution in [2.75, 3.05) is 13.2 Å². The Balaban J connectivity index is 1.48. The minimum atomic E-state index is 0.732. The van der Waals surface area contributed by atoms with Gasteiger partial charge in [0, 0.05) is 24.1 Å². The number of fused-ring (bicyclic) bond motifs is 1. The Morgan fingerprint density at radius 2 is 1.58 bits per heavy atom. The minimum Gasteiger partial charge on any atom is -0.492 e. The standard InChI is InChI=1S/C16H16BrNO/c17-15-5-7-16(8-6-15)19-10-9-18-11-13-3-1-2-4-14(13)12-18/h1-8H,9-12H2. The molecule has 19 heavy (non-hydrogen) atoms. The Bertz CT molecular complexity index is 528. The molecule has 2 aromatic carbocycles. The quantitative estimate of drug-likeness (QED) is 0.849. The molecule has 1 aliphatic rings. The van der Waals surface area contributed by atoms with Crippen molar-refractivity contribution in [1.29, 1.82) is 0 Å². The first kappa shape index (κ1) is 12.7. The van der Waals surface area contributed by atoms with Gasteiger partial charge in [0.05, 0.1) is 0 Å². The lowest BCUT2D eigenvalue weighted by Crippen LogP contribution is -2.22. The summed E-state index contributed by atoms with van der Waals surface area (Å²) in [6.07, 6.45) is 0. The van der Waals surface area contributed by atoms with Crippen LogP contribution in [0.2, 0.25) is 0 Å². The molecule has 2 nitrogen and oxygen atoms in total. The zero-order chi connectivity index (χ0) is 13.1. The van der Waals surface area contributed by atoms with E-state index in [1.54, 1.807) is 0 Å². The van der Waals surface area contributed by atoms with Crippen LogP contribution < -0.4 is 4.74 Å². The highest BCUT2D eigenvalue weighted by Gasteiger charge is 2.17. The molecule has 2 aromatic rings. The van der Waals surface area contributed by atoms with Gasteiger partial charge in [-0.3, -0.25) is 4.90 Å². The first-order valence-electron chi connectivity index (χ1n) is 6.49. The van der Waals surface area contributed by atoms with Crippen LogP contribution in [0.15, 0.2) is 53.0 Å². The van der Waals surface area contributed by atoms with E-state index in [-0.39, 0.29) is 0 Å². The smallest absolute Gasteiger partial charge is 0.119 e. The third kappa shape index (κ3) is 3.17. The van der Waals surface area contributed by atoms with Gasteiger partial charge in [-0.15, -0.1) is 0 Å². The Morgan fingerprint density at radius 3 is 2.21 bits per heavy atom. The van der Waals surface area contributed by atoms with Crippen LogP contribution in [0.4, 0.5) is 0 Å². The van der Waals surface area contributed by atoms with Crippen molar-refractivity contribution in [2.45, 2.75) is 13.1 Å². The molecule has 0 bridgehead atoms. The average Bonchev–Trinajstić information content (AvgIpc) is 2.83. The van der Waals surface area contributed by atoms with Crippen molar-refractivity contribution in [3.8, 4) is 5.75 Å². The number of ether oxygens (including phenoxy) is 1. The van der Waals surface area contributed by atoms with Crippen molar-refractivity contribution in [3.63, 3.8) is 0 Å². The molecule has 3 rings (SSSR count). The Kier molecular flexibility index (Phi) is 3.85. The van der Waals surface area contributed by atoms with E-state index in [0.29, 0.717) is 0 Å². The molecule has 98 valence electrons. The molecule has 0 spiro atoms. The first-order valence-corrected chi connectivity index (χ1v) is 7.28. The zero-order valence-corrected chi connectivity index (χ0v) is 12.3. The van der Waals surface area contributed by atoms with Gasteiger partial charge in [0.1, 0.15) is 12.4 Å². The van der Waals surface area contributed by atoms with E-state index in [1.807, 2.05) is 24.3 Å². The lowest BCUT2D eigenvalue weighted by atomic mass is 10.1. The van der Waals surface area contributed by atoms with E-state index in [2.05, 4.69) is 45.1 Å². The molecule has 0 N–H and O–H groups in total. The highest BCUT2D eigenvalue weighted by atomic mass is 79.9. The molecule has 1 heterocycles. The van der Waals surface area contributed by atoms with Gasteiger partial charge in [-0.25, -0.2) is 0 Å². The Labute approximate surface area is 122 Å². The predicted octanol–water partition coefficient (Wildman–Crippen LogP) is 3.84. The third-order valence-electron chi connectivity index (χ3n) is 3.40. The molecule has 3 heteroatoms. The Hall–Kier alpha value is -1.32. The Morgan fingerprint density at radius 1 is 0.947 bits per heavy atom. The fourth-order valence-corrected chi connectivity index (χ4v) is 2.65. The van der Waals surface area contributed by atoms with Gasteiger partial charge in [0.2, 0.25) is 0 Å². The van der Waals surface area contributed by atoms with E-state index in [0.717, 1.165) is 36.5 Å². The van der Waals surface area contributed by atoms with E-state index < -0.39 is 0 Å². The molecule has 0 radical (unpaired) electrons. The van der Waals surface area contributed by atoms with E-state index in [9.17, 15) is 0 Å². The van der Waals surface area contributed by atoms with Crippen LogP contribution in [0.25, 0.3) is 0 Å². The minimum absolute atomic E-state index is 0.732. The second kappa shape index (κ2) is 5.76. The summed E-state index contributed by atoms with van der Waals surface area (Å²) in [7, 11) is 0. The molecule has 0 aromatic heterocycles. The highest BCUT2D eigenvalue weighted by molar-refractivity contribution is 9.10. The number of halogens is 1. The van der Waals surface area contributed by atoms with Crippen molar-refractivity contribution < 1.29 is 4.74 Å². The average molecular weight is 318 g/mol. The van der Waals surface area contributed by atoms with Crippen molar-refractivity contribution in [3.05, 3.63) is 64.1 Å². The van der Waals surface area contributed by atoms with Gasteiger partial charge in [0.25, 0.3) is 0 Å². The second-order valence-electron chi connectivity index (χ2n) is 4.78. The second-order valence-corrected chi connectivity index (χ2v) is 5.70. The fraction of sp³-hybridized carbons (Fsp3) is 0.250. The van der Waals surface area contributed by atoms with E-state index in [4.69, 9.17) is 4.74 Å². The van der Waals surface area contributed by atoms with Crippen LogP contribution in [0.3, 0.4) is 0 Å². The van der Waals surface area contributed by atoms with Crippen LogP contribution >= 0.6 is 15.9 Å². The van der Waals surface area contributed by atoms with Gasteiger partial charge in [-0.1, -0.05) is 40.2 Å².